The van der Waals surface area contributed by atoms with Crippen LogP contribution in [-0.4, -0.2) is 10.7 Å². The number of aromatic nitrogens is 1. The number of furan rings is 1. The fourth-order valence-corrected chi connectivity index (χ4v) is 3.53. The number of alkyl halides is 2. The number of hydrogen-bond donors (Lipinski definition) is 2. The number of nitrogens with zero attached hydrogens (tertiary/aromatic N) is 1. The Bertz CT molecular complexity index is 1210. The van der Waals surface area contributed by atoms with Crippen LogP contribution in [0.25, 0.3) is 22.1 Å². The number of nitrogen functional groups attached to an aromatic ring is 1. The molecule has 5 nitrogen and oxygen atoms in total. The molecule has 0 aliphatic rings. The van der Waals surface area contributed by atoms with Gasteiger partial charge in [0, 0.05) is 29.3 Å². The predicted molar refractivity (Wildman–Crippen MR) is 117 cm³/mol. The summed E-state index contributed by atoms with van der Waals surface area (Å²) >= 11 is 0.271. The summed E-state index contributed by atoms with van der Waals surface area (Å²) in [6.45, 7) is 2.00. The van der Waals surface area contributed by atoms with Crippen LogP contribution in [0.4, 0.5) is 24.7 Å². The lowest BCUT2D eigenvalue weighted by Gasteiger charge is -2.14. The molecule has 0 bridgehead atoms. The molecule has 3 N–H and O–H groups in total. The Kier molecular flexibility index (Phi) is 5.94. The van der Waals surface area contributed by atoms with E-state index < -0.39 is 5.76 Å². The minimum atomic E-state index is -2.60. The smallest absolute Gasteiger partial charge is 0.302 e. The van der Waals surface area contributed by atoms with Gasteiger partial charge in [-0.3, -0.25) is 0 Å². The van der Waals surface area contributed by atoms with Gasteiger partial charge in [-0.25, -0.2) is 9.37 Å². The second kappa shape index (κ2) is 8.81. The molecule has 0 aliphatic carbocycles. The molecular formula is C22H18F3N3O2S. The molecule has 0 amide bonds. The monoisotopic (exact) mass is 445 g/mol. The molecule has 2 aromatic heterocycles. The van der Waals surface area contributed by atoms with Crippen molar-refractivity contribution in [2.75, 3.05) is 10.5 Å². The molecule has 0 fully saturated rings. The van der Waals surface area contributed by atoms with Crippen molar-refractivity contribution >= 4 is 34.4 Å². The van der Waals surface area contributed by atoms with Gasteiger partial charge in [0.05, 0.1) is 17.3 Å². The number of ether oxygens (including phenoxy) is 1. The Morgan fingerprint density at radius 1 is 1.19 bits per heavy atom. The van der Waals surface area contributed by atoms with Gasteiger partial charge in [-0.1, -0.05) is 18.2 Å². The summed E-state index contributed by atoms with van der Waals surface area (Å²) in [5, 5.41) is 0.673. The van der Waals surface area contributed by atoms with Gasteiger partial charge in [-0.2, -0.15) is 8.78 Å². The van der Waals surface area contributed by atoms with Gasteiger partial charge in [0.25, 0.3) is 0 Å². The first-order valence-corrected chi connectivity index (χ1v) is 10.1. The van der Waals surface area contributed by atoms with Crippen LogP contribution in [-0.2, 0) is 6.61 Å². The maximum atomic E-state index is 13.1. The lowest BCUT2D eigenvalue weighted by molar-refractivity contribution is 0.252. The molecule has 31 heavy (non-hydrogen) atoms. The van der Waals surface area contributed by atoms with E-state index in [1.165, 1.54) is 12.1 Å². The van der Waals surface area contributed by atoms with Crippen LogP contribution in [0.5, 0.6) is 5.75 Å². The Balaban J connectivity index is 1.70. The number of hydrogen-bond acceptors (Lipinski definition) is 6. The van der Waals surface area contributed by atoms with E-state index in [-0.39, 0.29) is 24.4 Å². The number of benzene rings is 2. The zero-order chi connectivity index (χ0) is 22.0. The average molecular weight is 445 g/mol. The Hall–Kier alpha value is -3.33. The summed E-state index contributed by atoms with van der Waals surface area (Å²) in [5.41, 5.74) is 10.1. The van der Waals surface area contributed by atoms with Crippen LogP contribution >= 0.6 is 11.9 Å². The molecule has 0 aliphatic heterocycles. The largest absolute Gasteiger partial charge is 0.487 e. The van der Waals surface area contributed by atoms with E-state index in [2.05, 4.69) is 9.71 Å². The molecule has 0 saturated heterocycles. The second-order valence-corrected chi connectivity index (χ2v) is 7.58. The highest BCUT2D eigenvalue weighted by atomic mass is 32.2. The normalized spacial score (nSPS) is 11.3. The molecule has 2 aromatic carbocycles. The van der Waals surface area contributed by atoms with Gasteiger partial charge >= 0.3 is 5.76 Å². The average Bonchev–Trinajstić information content (AvgIpc) is 3.21. The van der Waals surface area contributed by atoms with E-state index in [1.54, 1.807) is 42.8 Å². The number of fused-ring (bicyclic) bond motifs is 1. The molecule has 0 radical (unpaired) electrons. The van der Waals surface area contributed by atoms with Crippen molar-refractivity contribution in [2.45, 2.75) is 19.3 Å². The molecule has 9 heteroatoms. The summed E-state index contributed by atoms with van der Waals surface area (Å²) in [6.07, 6.45) is 3.21. The van der Waals surface area contributed by atoms with Crippen molar-refractivity contribution in [3.05, 3.63) is 71.9 Å². The number of pyridine rings is 1. The maximum absolute atomic E-state index is 13.1. The number of aryl methyl sites for hydroxylation is 1. The van der Waals surface area contributed by atoms with Gasteiger partial charge in [0.15, 0.2) is 0 Å². The first-order chi connectivity index (χ1) is 14.9. The Morgan fingerprint density at radius 2 is 1.97 bits per heavy atom. The van der Waals surface area contributed by atoms with Crippen LogP contribution in [0.2, 0.25) is 0 Å². The van der Waals surface area contributed by atoms with Gasteiger partial charge < -0.3 is 19.6 Å². The summed E-state index contributed by atoms with van der Waals surface area (Å²) in [4.78, 5) is 4.19. The van der Waals surface area contributed by atoms with Gasteiger partial charge in [-0.05, 0) is 42.3 Å². The third-order valence-electron chi connectivity index (χ3n) is 4.66. The fraction of sp³-hybridized carbons (Fsp3) is 0.136. The highest BCUT2D eigenvalue weighted by Gasteiger charge is 2.16. The molecule has 2 heterocycles. The zero-order valence-electron chi connectivity index (χ0n) is 16.4. The number of anilines is 2. The van der Waals surface area contributed by atoms with Crippen LogP contribution in [0.3, 0.4) is 0 Å². The second-order valence-electron chi connectivity index (χ2n) is 6.79. The summed E-state index contributed by atoms with van der Waals surface area (Å²) in [7, 11) is 0. The van der Waals surface area contributed by atoms with Crippen LogP contribution < -0.4 is 15.2 Å². The number of halogens is 3. The number of rotatable bonds is 7. The summed E-state index contributed by atoms with van der Waals surface area (Å²) < 4.78 is 52.7. The highest BCUT2D eigenvalue weighted by Crippen LogP contribution is 2.39. The minimum Gasteiger partial charge on any atom is -0.487 e. The van der Waals surface area contributed by atoms with Gasteiger partial charge in [0.2, 0.25) is 0 Å². The zero-order valence-corrected chi connectivity index (χ0v) is 17.2. The van der Waals surface area contributed by atoms with Gasteiger partial charge in [0.1, 0.15) is 29.6 Å². The van der Waals surface area contributed by atoms with E-state index in [1.807, 2.05) is 6.92 Å². The third-order valence-corrected chi connectivity index (χ3v) is 5.18. The standard InChI is InChI=1S/C22H18F3N3O2S/c1-12-9-27-21(26)19-16(11-30-20(12)19)14-4-7-17(28-31-22(24)25)18(8-14)29-10-13-2-5-15(23)6-3-13/h2-9,11,22,28H,10H2,1H3,(H2,26,27). The molecule has 160 valence electrons. The molecule has 0 spiro atoms. The van der Waals surface area contributed by atoms with Crippen molar-refractivity contribution in [1.29, 1.82) is 0 Å². The molecule has 4 rings (SSSR count). The van der Waals surface area contributed by atoms with E-state index in [9.17, 15) is 13.2 Å². The first kappa shape index (κ1) is 20.9. The maximum Gasteiger partial charge on any atom is 0.302 e. The summed E-state index contributed by atoms with van der Waals surface area (Å²) in [5.74, 6) is -2.27. The van der Waals surface area contributed by atoms with Crippen LogP contribution in [0.1, 0.15) is 11.1 Å². The fourth-order valence-electron chi connectivity index (χ4n) is 3.15. The highest BCUT2D eigenvalue weighted by molar-refractivity contribution is 8.00. The molecule has 4 aromatic rings. The van der Waals surface area contributed by atoms with Crippen LogP contribution in [0, 0.1) is 12.7 Å². The Labute approximate surface area is 180 Å². The topological polar surface area (TPSA) is 73.3 Å². The van der Waals surface area contributed by atoms with E-state index in [0.717, 1.165) is 16.7 Å². The van der Waals surface area contributed by atoms with E-state index in [4.69, 9.17) is 14.9 Å². The molecule has 0 saturated carbocycles. The summed E-state index contributed by atoms with van der Waals surface area (Å²) in [6, 6.07) is 11.0. The molecular weight excluding hydrogens is 427 g/mol. The van der Waals surface area contributed by atoms with Crippen molar-refractivity contribution in [3.8, 4) is 16.9 Å². The number of nitrogens with two attached hydrogens (primary N) is 1. The van der Waals surface area contributed by atoms with E-state index >= 15 is 0 Å². The lowest BCUT2D eigenvalue weighted by Crippen LogP contribution is -2.00. The predicted octanol–water partition coefficient (Wildman–Crippen LogP) is 6.39. The lowest BCUT2D eigenvalue weighted by atomic mass is 10.0. The van der Waals surface area contributed by atoms with Crippen molar-refractivity contribution in [1.82, 2.24) is 4.98 Å². The third kappa shape index (κ3) is 4.56. The first-order valence-electron chi connectivity index (χ1n) is 9.26. The minimum absolute atomic E-state index is 0.132. The Morgan fingerprint density at radius 3 is 2.71 bits per heavy atom. The number of nitrogens with one attached hydrogen (secondary N) is 1. The quantitative estimate of drug-likeness (QED) is 0.321. The van der Waals surface area contributed by atoms with Crippen molar-refractivity contribution < 1.29 is 22.3 Å². The van der Waals surface area contributed by atoms with Crippen LogP contribution in [0.15, 0.2) is 59.3 Å². The van der Waals surface area contributed by atoms with Crippen molar-refractivity contribution in [3.63, 3.8) is 0 Å². The SMILES string of the molecule is Cc1cnc(N)c2c(-c3ccc(NSC(F)F)c(OCc4ccc(F)cc4)c3)coc12. The van der Waals surface area contributed by atoms with E-state index in [0.29, 0.717) is 33.8 Å². The van der Waals surface area contributed by atoms with Gasteiger partial charge in [-0.15, -0.1) is 0 Å². The van der Waals surface area contributed by atoms with Crippen molar-refractivity contribution in [2.24, 2.45) is 0 Å². The molecule has 0 atom stereocenters. The molecule has 0 unspecified atom stereocenters.